The normalized spacial score (nSPS) is 14.4. The van der Waals surface area contributed by atoms with Crippen molar-refractivity contribution in [1.29, 1.82) is 0 Å². The van der Waals surface area contributed by atoms with Gasteiger partial charge in [0, 0.05) is 11.3 Å². The number of anilines is 1. The maximum atomic E-state index is 10.7. The molecule has 7 heteroatoms. The zero-order valence-electron chi connectivity index (χ0n) is 15.5. The molecule has 1 fully saturated rings. The minimum absolute atomic E-state index is 0. The number of aliphatic carboxylic acids is 1. The molecule has 1 aliphatic rings. The molecule has 0 radical (unpaired) electrons. The van der Waals surface area contributed by atoms with Crippen LogP contribution in [0.3, 0.4) is 0 Å². The van der Waals surface area contributed by atoms with Crippen LogP contribution in [0.15, 0.2) is 36.4 Å². The van der Waals surface area contributed by atoms with Gasteiger partial charge >= 0.3 is 35.0 Å². The topological polar surface area (TPSA) is 88.2 Å². The summed E-state index contributed by atoms with van der Waals surface area (Å²) in [5.41, 5.74) is 2.43. The standard InChI is InChI=1S/C9H11NO2.C7H10O3.Mg.2H/c1-7-2-4-8(5-3-7)10-6-9(11)12;1-5(2)7(8)10-4-6-3-9-6;;;/h2-5,10H,6H2,1H3,(H,11,12);6H,1,3-4H2,2H3;;;/q;;+2;2*-1. The Morgan fingerprint density at radius 3 is 2.43 bits per heavy atom. The van der Waals surface area contributed by atoms with Crippen molar-refractivity contribution in [2.75, 3.05) is 25.1 Å². The number of hydrogen-bond acceptors (Lipinski definition) is 5. The quantitative estimate of drug-likeness (QED) is 0.357. The molecule has 1 aromatic carbocycles. The van der Waals surface area contributed by atoms with E-state index >= 15 is 0 Å². The molecule has 1 heterocycles. The summed E-state index contributed by atoms with van der Waals surface area (Å²) in [5.74, 6) is -1.19. The number of carboxylic acids is 1. The van der Waals surface area contributed by atoms with E-state index < -0.39 is 5.97 Å². The molecule has 0 bridgehead atoms. The van der Waals surface area contributed by atoms with E-state index in [9.17, 15) is 9.59 Å². The molecular weight excluding hydrogens is 310 g/mol. The zero-order valence-corrected chi connectivity index (χ0v) is 14.9. The van der Waals surface area contributed by atoms with Crippen LogP contribution in [0.25, 0.3) is 0 Å². The van der Waals surface area contributed by atoms with Crippen LogP contribution in [0.4, 0.5) is 5.69 Å². The van der Waals surface area contributed by atoms with E-state index in [1.807, 2.05) is 31.2 Å². The van der Waals surface area contributed by atoms with Crippen LogP contribution in [0.1, 0.15) is 15.3 Å². The van der Waals surface area contributed by atoms with Gasteiger partial charge in [-0.2, -0.15) is 0 Å². The Hall–Kier alpha value is -1.57. The van der Waals surface area contributed by atoms with Crippen LogP contribution >= 0.6 is 0 Å². The van der Waals surface area contributed by atoms with Gasteiger partial charge in [0.05, 0.1) is 6.61 Å². The predicted molar refractivity (Wildman–Crippen MR) is 90.8 cm³/mol. The molecule has 0 aromatic heterocycles. The maximum Gasteiger partial charge on any atom is 2.00 e. The number of nitrogens with one attached hydrogen (secondary N) is 1. The van der Waals surface area contributed by atoms with Crippen molar-refractivity contribution in [3.63, 3.8) is 0 Å². The Labute approximate surface area is 155 Å². The van der Waals surface area contributed by atoms with E-state index in [0.717, 1.165) is 11.3 Å². The summed E-state index contributed by atoms with van der Waals surface area (Å²) in [6, 6.07) is 7.59. The molecule has 0 aliphatic carbocycles. The van der Waals surface area contributed by atoms with Crippen LogP contribution in [-0.2, 0) is 19.1 Å². The summed E-state index contributed by atoms with van der Waals surface area (Å²) in [5, 5.41) is 11.1. The fourth-order valence-electron chi connectivity index (χ4n) is 1.31. The van der Waals surface area contributed by atoms with Crippen molar-refractivity contribution >= 4 is 40.7 Å². The third-order valence-corrected chi connectivity index (χ3v) is 2.65. The Kier molecular flexibility index (Phi) is 10.3. The van der Waals surface area contributed by atoms with Crippen molar-refractivity contribution in [2.45, 2.75) is 20.0 Å². The first-order valence-electron chi connectivity index (χ1n) is 6.85. The van der Waals surface area contributed by atoms with E-state index in [1.54, 1.807) is 6.92 Å². The summed E-state index contributed by atoms with van der Waals surface area (Å²) in [4.78, 5) is 20.9. The van der Waals surface area contributed by atoms with Gasteiger partial charge in [-0.3, -0.25) is 4.79 Å². The third kappa shape index (κ3) is 10.7. The molecule has 1 unspecified atom stereocenters. The number of benzene rings is 1. The van der Waals surface area contributed by atoms with E-state index in [4.69, 9.17) is 14.6 Å². The first-order valence-corrected chi connectivity index (χ1v) is 6.85. The number of carbonyl (C=O) groups is 2. The van der Waals surface area contributed by atoms with E-state index in [0.29, 0.717) is 18.8 Å². The van der Waals surface area contributed by atoms with Gasteiger partial charge in [-0.15, -0.1) is 0 Å². The minimum atomic E-state index is -0.851. The molecule has 0 spiro atoms. The number of esters is 1. The SMILES string of the molecule is C=C(C)C(=O)OCC1CO1.Cc1ccc(NCC(=O)O)cc1.[H-].[H-].[Mg+2]. The van der Waals surface area contributed by atoms with Gasteiger partial charge in [0.15, 0.2) is 0 Å². The van der Waals surface area contributed by atoms with Crippen molar-refractivity contribution < 1.29 is 27.0 Å². The second-order valence-electron chi connectivity index (χ2n) is 4.95. The van der Waals surface area contributed by atoms with E-state index in [2.05, 4.69) is 11.9 Å². The smallest absolute Gasteiger partial charge is 1.00 e. The number of hydrogen-bond donors (Lipinski definition) is 2. The van der Waals surface area contributed by atoms with E-state index in [-0.39, 0.29) is 44.5 Å². The van der Waals surface area contributed by atoms with E-state index in [1.165, 1.54) is 0 Å². The molecule has 1 aliphatic heterocycles. The van der Waals surface area contributed by atoms with Gasteiger partial charge in [0.1, 0.15) is 19.3 Å². The number of ether oxygens (including phenoxy) is 2. The van der Waals surface area contributed by atoms with Gasteiger partial charge < -0.3 is 22.8 Å². The molecule has 2 rings (SSSR count). The number of aryl methyl sites for hydroxylation is 1. The Balaban J connectivity index is -0.000000350. The van der Waals surface area contributed by atoms with Crippen molar-refractivity contribution in [3.8, 4) is 0 Å². The maximum absolute atomic E-state index is 10.7. The predicted octanol–water partition coefficient (Wildman–Crippen LogP) is 1.84. The minimum Gasteiger partial charge on any atom is -1.00 e. The first kappa shape index (κ1) is 21.4. The molecule has 2 N–H and O–H groups in total. The number of epoxide rings is 1. The summed E-state index contributed by atoms with van der Waals surface area (Å²) in [6.45, 7) is 8.09. The van der Waals surface area contributed by atoms with Crippen LogP contribution in [0.5, 0.6) is 0 Å². The first-order chi connectivity index (χ1) is 10.4. The fraction of sp³-hybridized carbons (Fsp3) is 0.375. The molecule has 6 nitrogen and oxygen atoms in total. The second kappa shape index (κ2) is 11.0. The summed E-state index contributed by atoms with van der Waals surface area (Å²) in [6.07, 6.45) is 0.142. The zero-order chi connectivity index (χ0) is 16.5. The fourth-order valence-corrected chi connectivity index (χ4v) is 1.31. The monoisotopic (exact) mass is 333 g/mol. The average molecular weight is 334 g/mol. The Morgan fingerprint density at radius 2 is 2.00 bits per heavy atom. The molecule has 0 amide bonds. The van der Waals surface area contributed by atoms with Crippen molar-refractivity contribution in [2.24, 2.45) is 0 Å². The largest absolute Gasteiger partial charge is 2.00 e. The van der Waals surface area contributed by atoms with Crippen LogP contribution in [0.2, 0.25) is 0 Å². The van der Waals surface area contributed by atoms with Gasteiger partial charge in [-0.05, 0) is 26.0 Å². The molecular formula is C16H23MgNO5. The van der Waals surface area contributed by atoms with Crippen molar-refractivity contribution in [1.82, 2.24) is 0 Å². The molecule has 1 aromatic rings. The van der Waals surface area contributed by atoms with Crippen LogP contribution in [-0.4, -0.2) is 66.0 Å². The number of rotatable bonds is 6. The molecule has 1 saturated heterocycles. The second-order valence-corrected chi connectivity index (χ2v) is 4.95. The number of carbonyl (C=O) groups excluding carboxylic acids is 1. The molecule has 124 valence electrons. The number of carboxylic acid groups (broad SMARTS) is 1. The third-order valence-electron chi connectivity index (χ3n) is 2.65. The molecule has 0 saturated carbocycles. The average Bonchev–Trinajstić information content (AvgIpc) is 3.29. The van der Waals surface area contributed by atoms with Gasteiger partial charge in [0.2, 0.25) is 0 Å². The van der Waals surface area contributed by atoms with Gasteiger partial charge in [0.25, 0.3) is 0 Å². The molecule has 1 atom stereocenters. The van der Waals surface area contributed by atoms with Crippen LogP contribution < -0.4 is 5.32 Å². The summed E-state index contributed by atoms with van der Waals surface area (Å²) >= 11 is 0. The van der Waals surface area contributed by atoms with Crippen LogP contribution in [0, 0.1) is 6.92 Å². The van der Waals surface area contributed by atoms with Gasteiger partial charge in [-0.1, -0.05) is 24.3 Å². The van der Waals surface area contributed by atoms with Crippen molar-refractivity contribution in [3.05, 3.63) is 42.0 Å². The molecule has 23 heavy (non-hydrogen) atoms. The Morgan fingerprint density at radius 1 is 1.43 bits per heavy atom. The summed E-state index contributed by atoms with van der Waals surface area (Å²) in [7, 11) is 0. The summed E-state index contributed by atoms with van der Waals surface area (Å²) < 4.78 is 9.60. The van der Waals surface area contributed by atoms with Gasteiger partial charge in [-0.25, -0.2) is 4.79 Å². The Bertz CT molecular complexity index is 536.